The maximum atomic E-state index is 11.9. The Balaban J connectivity index is 1.57. The van der Waals surface area contributed by atoms with Gasteiger partial charge in [-0.05, 0) is 55.0 Å². The highest BCUT2D eigenvalue weighted by Gasteiger charge is 2.18. The van der Waals surface area contributed by atoms with Crippen molar-refractivity contribution in [1.82, 2.24) is 0 Å². The first-order valence-electron chi connectivity index (χ1n) is 9.25. The molecule has 0 atom stereocenters. The normalized spacial score (nSPS) is 14.9. The van der Waals surface area contributed by atoms with Crippen molar-refractivity contribution in [1.29, 1.82) is 0 Å². The number of rotatable bonds is 7. The predicted octanol–water partition coefficient (Wildman–Crippen LogP) is 3.17. The molecule has 1 N–H and O–H groups in total. The largest absolute Gasteiger partial charge is 0.497 e. The van der Waals surface area contributed by atoms with Crippen LogP contribution in [0.25, 0.3) is 0 Å². The Morgan fingerprint density at radius 3 is 1.81 bits per heavy atom. The lowest BCUT2D eigenvalue weighted by atomic mass is 10.2. The summed E-state index contributed by atoms with van der Waals surface area (Å²) in [4.78, 5) is 4.69. The van der Waals surface area contributed by atoms with Gasteiger partial charge in [-0.2, -0.15) is 0 Å². The number of nitrogens with one attached hydrogen (secondary N) is 1. The fourth-order valence-corrected chi connectivity index (χ4v) is 4.39. The molecule has 0 aromatic heterocycles. The summed E-state index contributed by atoms with van der Waals surface area (Å²) < 4.78 is 31.6. The monoisotopic (exact) mass is 389 g/mol. The lowest BCUT2D eigenvalue weighted by molar-refractivity contribution is 0.415. The molecule has 1 aliphatic rings. The Labute approximate surface area is 161 Å². The lowest BCUT2D eigenvalue weighted by Gasteiger charge is -2.37. The van der Waals surface area contributed by atoms with Crippen LogP contribution in [-0.4, -0.2) is 47.5 Å². The van der Waals surface area contributed by atoms with Crippen LogP contribution in [0.3, 0.4) is 0 Å². The van der Waals surface area contributed by atoms with Gasteiger partial charge in [0.25, 0.3) is 0 Å². The summed E-state index contributed by atoms with van der Waals surface area (Å²) in [5.74, 6) is 1.01. The summed E-state index contributed by atoms with van der Waals surface area (Å²) in [5.41, 5.74) is 2.93. The fourth-order valence-electron chi connectivity index (χ4n) is 3.26. The van der Waals surface area contributed by atoms with E-state index in [1.807, 2.05) is 43.3 Å². The van der Waals surface area contributed by atoms with Crippen LogP contribution < -0.4 is 19.3 Å². The first-order chi connectivity index (χ1) is 13.0. The van der Waals surface area contributed by atoms with Crippen molar-refractivity contribution in [2.24, 2.45) is 0 Å². The van der Waals surface area contributed by atoms with Crippen molar-refractivity contribution in [3.05, 3.63) is 48.5 Å². The number of hydrogen-bond acceptors (Lipinski definition) is 5. The number of nitrogens with zero attached hydrogens (tertiary/aromatic N) is 2. The molecule has 0 saturated carbocycles. The molecule has 3 rings (SSSR count). The molecular weight excluding hydrogens is 362 g/mol. The van der Waals surface area contributed by atoms with E-state index in [0.717, 1.165) is 37.6 Å². The minimum atomic E-state index is -3.24. The summed E-state index contributed by atoms with van der Waals surface area (Å²) in [6.45, 7) is 5.59. The quantitative estimate of drug-likeness (QED) is 0.788. The summed E-state index contributed by atoms with van der Waals surface area (Å²) in [6, 6.07) is 15.8. The molecule has 1 fully saturated rings. The second kappa shape index (κ2) is 8.52. The SMILES string of the molecule is CCCS(=O)(=O)Nc1ccc(N2CCN(c3ccc(OC)cc3)CC2)cc1. The number of sulfonamides is 1. The molecule has 6 nitrogen and oxygen atoms in total. The van der Waals surface area contributed by atoms with E-state index in [2.05, 4.69) is 26.7 Å². The first-order valence-corrected chi connectivity index (χ1v) is 10.9. The minimum Gasteiger partial charge on any atom is -0.497 e. The molecule has 2 aromatic rings. The highest BCUT2D eigenvalue weighted by Crippen LogP contribution is 2.24. The Hall–Kier alpha value is -2.41. The van der Waals surface area contributed by atoms with E-state index >= 15 is 0 Å². The van der Waals surface area contributed by atoms with E-state index in [0.29, 0.717) is 12.1 Å². The molecule has 0 radical (unpaired) electrons. The van der Waals surface area contributed by atoms with Gasteiger partial charge in [-0.15, -0.1) is 0 Å². The van der Waals surface area contributed by atoms with Gasteiger partial charge in [0.1, 0.15) is 5.75 Å². The molecule has 0 bridgehead atoms. The number of methoxy groups -OCH3 is 1. The second-order valence-corrected chi connectivity index (χ2v) is 8.48. The number of benzene rings is 2. The second-order valence-electron chi connectivity index (χ2n) is 6.64. The van der Waals surface area contributed by atoms with E-state index in [1.165, 1.54) is 5.69 Å². The Morgan fingerprint density at radius 2 is 1.37 bits per heavy atom. The average Bonchev–Trinajstić information content (AvgIpc) is 2.68. The molecule has 0 unspecified atom stereocenters. The van der Waals surface area contributed by atoms with E-state index in [-0.39, 0.29) is 5.75 Å². The molecule has 1 heterocycles. The summed E-state index contributed by atoms with van der Waals surface area (Å²) in [5, 5.41) is 0. The van der Waals surface area contributed by atoms with Gasteiger partial charge in [0.2, 0.25) is 10.0 Å². The van der Waals surface area contributed by atoms with E-state index in [9.17, 15) is 8.42 Å². The van der Waals surface area contributed by atoms with E-state index in [1.54, 1.807) is 7.11 Å². The number of hydrogen-bond donors (Lipinski definition) is 1. The predicted molar refractivity (Wildman–Crippen MR) is 112 cm³/mol. The third-order valence-electron chi connectivity index (χ3n) is 4.70. The van der Waals surface area contributed by atoms with Crippen LogP contribution in [-0.2, 0) is 10.0 Å². The molecule has 146 valence electrons. The van der Waals surface area contributed by atoms with Crippen molar-refractivity contribution >= 4 is 27.1 Å². The van der Waals surface area contributed by atoms with Crippen LogP contribution in [0.4, 0.5) is 17.1 Å². The molecule has 1 aliphatic heterocycles. The van der Waals surface area contributed by atoms with Crippen molar-refractivity contribution in [3.63, 3.8) is 0 Å². The summed E-state index contributed by atoms with van der Waals surface area (Å²) in [7, 11) is -1.57. The van der Waals surface area contributed by atoms with Gasteiger partial charge in [0.15, 0.2) is 0 Å². The topological polar surface area (TPSA) is 61.9 Å². The van der Waals surface area contributed by atoms with Crippen LogP contribution in [0, 0.1) is 0 Å². The molecular formula is C20H27N3O3S. The highest BCUT2D eigenvalue weighted by atomic mass is 32.2. The third-order valence-corrected chi connectivity index (χ3v) is 6.19. The van der Waals surface area contributed by atoms with Crippen molar-refractivity contribution < 1.29 is 13.2 Å². The Morgan fingerprint density at radius 1 is 0.889 bits per heavy atom. The summed E-state index contributed by atoms with van der Waals surface area (Å²) >= 11 is 0. The highest BCUT2D eigenvalue weighted by molar-refractivity contribution is 7.92. The van der Waals surface area contributed by atoms with E-state index < -0.39 is 10.0 Å². The lowest BCUT2D eigenvalue weighted by Crippen LogP contribution is -2.46. The van der Waals surface area contributed by atoms with Crippen LogP contribution in [0.15, 0.2) is 48.5 Å². The molecule has 0 aliphatic carbocycles. The van der Waals surface area contributed by atoms with Gasteiger partial charge in [-0.25, -0.2) is 8.42 Å². The van der Waals surface area contributed by atoms with Crippen molar-refractivity contribution in [3.8, 4) is 5.75 Å². The fraction of sp³-hybridized carbons (Fsp3) is 0.400. The summed E-state index contributed by atoms with van der Waals surface area (Å²) in [6.07, 6.45) is 0.603. The van der Waals surface area contributed by atoms with Gasteiger partial charge in [0, 0.05) is 43.2 Å². The van der Waals surface area contributed by atoms with Crippen LogP contribution in [0.5, 0.6) is 5.75 Å². The van der Waals surface area contributed by atoms with Crippen LogP contribution in [0.2, 0.25) is 0 Å². The van der Waals surface area contributed by atoms with Gasteiger partial charge >= 0.3 is 0 Å². The van der Waals surface area contributed by atoms with Crippen LogP contribution in [0.1, 0.15) is 13.3 Å². The van der Waals surface area contributed by atoms with Gasteiger partial charge < -0.3 is 14.5 Å². The maximum Gasteiger partial charge on any atom is 0.232 e. The third kappa shape index (κ3) is 5.07. The molecule has 7 heteroatoms. The molecule has 0 spiro atoms. The maximum absolute atomic E-state index is 11.9. The Kier molecular flexibility index (Phi) is 6.11. The zero-order chi connectivity index (χ0) is 19.3. The zero-order valence-corrected chi connectivity index (χ0v) is 16.7. The standard InChI is InChI=1S/C20H27N3O3S/c1-3-16-27(24,25)21-17-4-6-18(7-5-17)22-12-14-23(15-13-22)19-8-10-20(26-2)11-9-19/h4-11,21H,3,12-16H2,1-2H3. The molecule has 0 amide bonds. The van der Waals surface area contributed by atoms with Crippen molar-refractivity contribution in [2.75, 3.05) is 53.6 Å². The molecule has 1 saturated heterocycles. The van der Waals surface area contributed by atoms with Crippen LogP contribution >= 0.6 is 0 Å². The minimum absolute atomic E-state index is 0.141. The Bertz CT molecular complexity index is 828. The van der Waals surface area contributed by atoms with Crippen molar-refractivity contribution in [2.45, 2.75) is 13.3 Å². The van der Waals surface area contributed by atoms with Gasteiger partial charge in [0.05, 0.1) is 12.9 Å². The van der Waals surface area contributed by atoms with Gasteiger partial charge in [-0.1, -0.05) is 6.92 Å². The zero-order valence-electron chi connectivity index (χ0n) is 15.9. The van der Waals surface area contributed by atoms with Gasteiger partial charge in [-0.3, -0.25) is 4.72 Å². The average molecular weight is 390 g/mol. The molecule has 2 aromatic carbocycles. The molecule has 27 heavy (non-hydrogen) atoms. The smallest absolute Gasteiger partial charge is 0.232 e. The number of ether oxygens (including phenoxy) is 1. The number of piperazine rings is 1. The number of anilines is 3. The van der Waals surface area contributed by atoms with E-state index in [4.69, 9.17) is 4.74 Å². The first kappa shape index (κ1) is 19.4.